The first kappa shape index (κ1) is 26.0. The van der Waals surface area contributed by atoms with Gasteiger partial charge in [-0.3, -0.25) is 10.2 Å². The lowest BCUT2D eigenvalue weighted by molar-refractivity contribution is -0.139. The number of carbonyl (C=O) groups is 3. The van der Waals surface area contributed by atoms with Crippen molar-refractivity contribution < 1.29 is 19.5 Å². The van der Waals surface area contributed by atoms with E-state index in [0.29, 0.717) is 18.7 Å². The maximum absolute atomic E-state index is 13.2. The van der Waals surface area contributed by atoms with E-state index in [-0.39, 0.29) is 23.6 Å². The van der Waals surface area contributed by atoms with Crippen LogP contribution in [0.2, 0.25) is 0 Å². The highest BCUT2D eigenvalue weighted by Crippen LogP contribution is 2.26. The van der Waals surface area contributed by atoms with E-state index in [1.165, 1.54) is 0 Å². The molecule has 0 aliphatic carbocycles. The molecular formula is C26H30N6O4. The third kappa shape index (κ3) is 6.72. The van der Waals surface area contributed by atoms with Gasteiger partial charge in [0.2, 0.25) is 0 Å². The molecule has 8 N–H and O–H groups in total. The van der Waals surface area contributed by atoms with E-state index in [4.69, 9.17) is 11.1 Å². The van der Waals surface area contributed by atoms with Crippen LogP contribution in [0.3, 0.4) is 0 Å². The van der Waals surface area contributed by atoms with Crippen LogP contribution in [0.4, 0.5) is 16.2 Å². The van der Waals surface area contributed by atoms with E-state index in [1.54, 1.807) is 12.1 Å². The maximum Gasteiger partial charge on any atom is 0.326 e. The molecule has 188 valence electrons. The number of aryl methyl sites for hydroxylation is 2. The fourth-order valence-corrected chi connectivity index (χ4v) is 3.83. The second-order valence-electron chi connectivity index (χ2n) is 8.44. The minimum absolute atomic E-state index is 0.130. The van der Waals surface area contributed by atoms with Crippen molar-refractivity contribution in [2.24, 2.45) is 5.73 Å². The summed E-state index contributed by atoms with van der Waals surface area (Å²) in [7, 11) is 0. The van der Waals surface area contributed by atoms with Gasteiger partial charge in [-0.25, -0.2) is 9.59 Å². The lowest BCUT2D eigenvalue weighted by Gasteiger charge is -2.18. The maximum atomic E-state index is 13.2. The molecule has 0 spiro atoms. The first-order chi connectivity index (χ1) is 17.2. The van der Waals surface area contributed by atoms with Crippen molar-refractivity contribution in [3.8, 4) is 0 Å². The number of carboxylic acid groups (broad SMARTS) is 1. The summed E-state index contributed by atoms with van der Waals surface area (Å²) in [4.78, 5) is 37.8. The number of amides is 3. The van der Waals surface area contributed by atoms with Crippen LogP contribution in [0.1, 0.15) is 34.3 Å². The van der Waals surface area contributed by atoms with Gasteiger partial charge in [-0.1, -0.05) is 42.5 Å². The van der Waals surface area contributed by atoms with Crippen molar-refractivity contribution in [3.63, 3.8) is 0 Å². The van der Waals surface area contributed by atoms with Crippen LogP contribution in [0.15, 0.2) is 54.6 Å². The molecule has 3 rings (SSSR count). The van der Waals surface area contributed by atoms with Crippen molar-refractivity contribution in [3.05, 3.63) is 71.3 Å². The Morgan fingerprint density at radius 2 is 1.61 bits per heavy atom. The molecule has 0 aliphatic heterocycles. The smallest absolute Gasteiger partial charge is 0.326 e. The number of urea groups is 1. The number of nitrogens with one attached hydrogen (secondary N) is 5. The Labute approximate surface area is 208 Å². The Kier molecular flexibility index (Phi) is 8.45. The fraction of sp³-hybridized carbons (Fsp3) is 0.231. The molecule has 0 aliphatic rings. The Hall–Kier alpha value is -4.60. The van der Waals surface area contributed by atoms with Crippen molar-refractivity contribution in [1.29, 1.82) is 5.41 Å². The molecule has 10 nitrogen and oxygen atoms in total. The molecule has 0 heterocycles. The van der Waals surface area contributed by atoms with Gasteiger partial charge in [-0.2, -0.15) is 0 Å². The van der Waals surface area contributed by atoms with E-state index in [0.717, 1.165) is 21.9 Å². The monoisotopic (exact) mass is 490 g/mol. The zero-order valence-corrected chi connectivity index (χ0v) is 20.1. The summed E-state index contributed by atoms with van der Waals surface area (Å²) < 4.78 is 0. The Bertz CT molecular complexity index is 1290. The predicted molar refractivity (Wildman–Crippen MR) is 141 cm³/mol. The minimum atomic E-state index is -1.19. The van der Waals surface area contributed by atoms with E-state index >= 15 is 0 Å². The molecule has 0 fully saturated rings. The summed E-state index contributed by atoms with van der Waals surface area (Å²) in [5.41, 5.74) is 8.08. The summed E-state index contributed by atoms with van der Waals surface area (Å²) in [6, 6.07) is 14.6. The van der Waals surface area contributed by atoms with Crippen LogP contribution >= 0.6 is 0 Å². The van der Waals surface area contributed by atoms with Crippen molar-refractivity contribution >= 4 is 46.0 Å². The molecule has 0 bridgehead atoms. The molecule has 0 radical (unpaired) electrons. The van der Waals surface area contributed by atoms with Gasteiger partial charge in [0.1, 0.15) is 6.04 Å². The highest BCUT2D eigenvalue weighted by molar-refractivity contribution is 6.10. The second kappa shape index (κ2) is 11.7. The van der Waals surface area contributed by atoms with Crippen LogP contribution < -0.4 is 27.0 Å². The molecule has 3 aromatic carbocycles. The highest BCUT2D eigenvalue weighted by atomic mass is 16.4. The van der Waals surface area contributed by atoms with Crippen LogP contribution in [-0.2, 0) is 4.79 Å². The standard InChI is InChI=1S/C26H30N6O4/c1-15-7-5-8-16(2)22(15)32-26(36)31-21-14-18-10-4-3-9-17(18)13-19(21)23(33)30-20(24(34)35)11-6-12-29-25(27)28/h3-5,7-10,13-14,20H,6,11-12H2,1-2H3,(H,30,33)(H,34,35)(H4,27,28,29)(H2,31,32,36)/t20-/m0/s1. The van der Waals surface area contributed by atoms with Crippen LogP contribution in [-0.4, -0.2) is 41.6 Å². The molecule has 0 saturated carbocycles. The molecule has 10 heteroatoms. The van der Waals surface area contributed by atoms with Crippen molar-refractivity contribution in [2.75, 3.05) is 17.2 Å². The van der Waals surface area contributed by atoms with Gasteiger partial charge in [-0.15, -0.1) is 0 Å². The number of carbonyl (C=O) groups excluding carboxylic acids is 2. The minimum Gasteiger partial charge on any atom is -0.480 e. The number of benzene rings is 3. The number of rotatable bonds is 9. The number of aliphatic carboxylic acids is 1. The normalized spacial score (nSPS) is 11.4. The molecule has 0 unspecified atom stereocenters. The van der Waals surface area contributed by atoms with Crippen LogP contribution in [0.5, 0.6) is 0 Å². The van der Waals surface area contributed by atoms with Gasteiger partial charge in [0, 0.05) is 12.2 Å². The Morgan fingerprint density at radius 3 is 2.22 bits per heavy atom. The number of guanidine groups is 1. The number of hydrogen-bond donors (Lipinski definition) is 7. The number of fused-ring (bicyclic) bond motifs is 1. The lowest BCUT2D eigenvalue weighted by Crippen LogP contribution is -2.42. The molecule has 36 heavy (non-hydrogen) atoms. The fourth-order valence-electron chi connectivity index (χ4n) is 3.83. The molecule has 3 amide bonds. The zero-order valence-electron chi connectivity index (χ0n) is 20.1. The van der Waals surface area contributed by atoms with E-state index in [9.17, 15) is 19.5 Å². The molecule has 0 saturated heterocycles. The first-order valence-corrected chi connectivity index (χ1v) is 11.4. The summed E-state index contributed by atoms with van der Waals surface area (Å²) in [5, 5.41) is 29.1. The molecule has 3 aromatic rings. The SMILES string of the molecule is Cc1cccc(C)c1NC(=O)Nc1cc2ccccc2cc1C(=O)N[C@@H](CCCNC(=N)N)C(=O)O. The summed E-state index contributed by atoms with van der Waals surface area (Å²) in [5.74, 6) is -2.03. The number of hydrogen-bond acceptors (Lipinski definition) is 4. The third-order valence-electron chi connectivity index (χ3n) is 5.69. The zero-order chi connectivity index (χ0) is 26.2. The second-order valence-corrected chi connectivity index (χ2v) is 8.44. The van der Waals surface area contributed by atoms with Crippen LogP contribution in [0.25, 0.3) is 10.8 Å². The first-order valence-electron chi connectivity index (χ1n) is 11.4. The Morgan fingerprint density at radius 1 is 0.972 bits per heavy atom. The number of carboxylic acids is 1. The van der Waals surface area contributed by atoms with Crippen LogP contribution in [0, 0.1) is 19.3 Å². The highest BCUT2D eigenvalue weighted by Gasteiger charge is 2.23. The number of anilines is 2. The van der Waals surface area contributed by atoms with Crippen molar-refractivity contribution in [1.82, 2.24) is 10.6 Å². The van der Waals surface area contributed by atoms with Gasteiger partial charge in [0.25, 0.3) is 5.91 Å². The average molecular weight is 491 g/mol. The third-order valence-corrected chi connectivity index (χ3v) is 5.69. The quantitative estimate of drug-likeness (QED) is 0.137. The van der Waals surface area contributed by atoms with E-state index < -0.39 is 23.9 Å². The van der Waals surface area contributed by atoms with Gasteiger partial charge in [-0.05, 0) is 60.7 Å². The van der Waals surface area contributed by atoms with Crippen molar-refractivity contribution in [2.45, 2.75) is 32.7 Å². The number of nitrogens with two attached hydrogens (primary N) is 1. The largest absolute Gasteiger partial charge is 0.480 e. The van der Waals surface area contributed by atoms with Gasteiger partial charge < -0.3 is 32.1 Å². The lowest BCUT2D eigenvalue weighted by atomic mass is 10.0. The summed E-state index contributed by atoms with van der Waals surface area (Å²) >= 11 is 0. The topological polar surface area (TPSA) is 169 Å². The van der Waals surface area contributed by atoms with Gasteiger partial charge in [0.05, 0.1) is 11.3 Å². The molecule has 1 atom stereocenters. The predicted octanol–water partition coefficient (Wildman–Crippen LogP) is 3.55. The summed E-state index contributed by atoms with van der Waals surface area (Å²) in [6.07, 6.45) is 0.503. The van der Waals surface area contributed by atoms with Gasteiger partial charge in [0.15, 0.2) is 5.96 Å². The Balaban J connectivity index is 1.84. The van der Waals surface area contributed by atoms with E-state index in [2.05, 4.69) is 21.3 Å². The van der Waals surface area contributed by atoms with E-state index in [1.807, 2.05) is 56.3 Å². The molecule has 0 aromatic heterocycles. The summed E-state index contributed by atoms with van der Waals surface area (Å²) in [6.45, 7) is 4.07. The molecular weight excluding hydrogens is 460 g/mol. The average Bonchev–Trinajstić information content (AvgIpc) is 2.82. The van der Waals surface area contributed by atoms with Gasteiger partial charge >= 0.3 is 12.0 Å². The number of para-hydroxylation sites is 1.